The Morgan fingerprint density at radius 3 is 2.93 bits per heavy atom. The van der Waals surface area contributed by atoms with Crippen molar-refractivity contribution < 1.29 is 9.84 Å². The van der Waals surface area contributed by atoms with Gasteiger partial charge in [0, 0.05) is 48.7 Å². The molecule has 3 aromatic heterocycles. The van der Waals surface area contributed by atoms with Gasteiger partial charge in [-0.25, -0.2) is 4.98 Å². The smallest absolute Gasteiger partial charge is 0.228 e. The first kappa shape index (κ1) is 18.4. The van der Waals surface area contributed by atoms with Gasteiger partial charge < -0.3 is 24.5 Å². The molecule has 0 saturated carbocycles. The molecule has 7 nitrogen and oxygen atoms in total. The van der Waals surface area contributed by atoms with E-state index in [2.05, 4.69) is 34.0 Å². The average molecular weight is 412 g/mol. The van der Waals surface area contributed by atoms with Crippen LogP contribution in [0, 0.1) is 0 Å². The number of halogens is 1. The van der Waals surface area contributed by atoms with Crippen molar-refractivity contribution in [2.24, 2.45) is 0 Å². The minimum absolute atomic E-state index is 0.332. The Morgan fingerprint density at radius 1 is 1.24 bits per heavy atom. The van der Waals surface area contributed by atoms with Gasteiger partial charge in [0.05, 0.1) is 10.7 Å². The van der Waals surface area contributed by atoms with Crippen molar-refractivity contribution >= 4 is 34.7 Å². The number of ether oxygens (including phenoxy) is 1. The van der Waals surface area contributed by atoms with Crippen molar-refractivity contribution in [2.75, 3.05) is 18.0 Å². The Hall–Kier alpha value is -2.61. The van der Waals surface area contributed by atoms with E-state index < -0.39 is 6.29 Å². The lowest BCUT2D eigenvalue weighted by atomic mass is 10.1. The van der Waals surface area contributed by atoms with E-state index in [1.165, 1.54) is 0 Å². The normalized spacial score (nSPS) is 24.2. The van der Waals surface area contributed by atoms with Crippen LogP contribution >= 0.6 is 11.6 Å². The third kappa shape index (κ3) is 3.25. The number of aliphatic hydroxyl groups is 1. The van der Waals surface area contributed by atoms with E-state index in [9.17, 15) is 5.11 Å². The highest BCUT2D eigenvalue weighted by atomic mass is 35.5. The Balaban J connectivity index is 1.50. The molecular formula is C21H22ClN5O2. The molecule has 29 heavy (non-hydrogen) atoms. The molecule has 3 atom stereocenters. The highest BCUT2D eigenvalue weighted by Crippen LogP contribution is 2.34. The van der Waals surface area contributed by atoms with Crippen molar-refractivity contribution in [1.29, 1.82) is 0 Å². The van der Waals surface area contributed by atoms with Gasteiger partial charge in [-0.15, -0.1) is 0 Å². The number of imidazole rings is 1. The highest BCUT2D eigenvalue weighted by molar-refractivity contribution is 6.33. The second kappa shape index (κ2) is 7.02. The summed E-state index contributed by atoms with van der Waals surface area (Å²) >= 11 is 6.22. The van der Waals surface area contributed by atoms with E-state index in [0.29, 0.717) is 39.9 Å². The topological polar surface area (TPSA) is 74.9 Å². The summed E-state index contributed by atoms with van der Waals surface area (Å²) in [5, 5.41) is 14.6. The summed E-state index contributed by atoms with van der Waals surface area (Å²) in [6.07, 6.45) is 4.43. The summed E-state index contributed by atoms with van der Waals surface area (Å²) in [5.41, 5.74) is 2.65. The van der Waals surface area contributed by atoms with Gasteiger partial charge in [-0.3, -0.25) is 0 Å². The fourth-order valence-corrected chi connectivity index (χ4v) is 4.09. The van der Waals surface area contributed by atoms with Gasteiger partial charge in [-0.1, -0.05) is 11.6 Å². The zero-order valence-corrected chi connectivity index (χ0v) is 17.0. The lowest BCUT2D eigenvalue weighted by molar-refractivity contribution is 0.0280. The molecule has 2 aliphatic heterocycles. The molecule has 0 aromatic carbocycles. The third-order valence-corrected chi connectivity index (χ3v) is 5.76. The van der Waals surface area contributed by atoms with Gasteiger partial charge in [-0.05, 0) is 44.2 Å². The van der Waals surface area contributed by atoms with Crippen LogP contribution in [0.2, 0.25) is 5.02 Å². The summed E-state index contributed by atoms with van der Waals surface area (Å²) in [6.45, 7) is 6.11. The van der Waals surface area contributed by atoms with Crippen molar-refractivity contribution in [3.8, 4) is 5.88 Å². The van der Waals surface area contributed by atoms with E-state index in [1.807, 2.05) is 41.1 Å². The summed E-state index contributed by atoms with van der Waals surface area (Å²) in [5.74, 6) is 1.28. The zero-order chi connectivity index (χ0) is 20.1. The minimum atomic E-state index is -1.15. The molecule has 5 rings (SSSR count). The maximum atomic E-state index is 10.6. The Kier molecular flexibility index (Phi) is 4.46. The number of hydrogen-bond donors (Lipinski definition) is 2. The fraction of sp³-hybridized carbons (Fsp3) is 0.333. The van der Waals surface area contributed by atoms with Crippen molar-refractivity contribution in [2.45, 2.75) is 32.2 Å². The Morgan fingerprint density at radius 2 is 2.10 bits per heavy atom. The van der Waals surface area contributed by atoms with E-state index >= 15 is 0 Å². The van der Waals surface area contributed by atoms with Crippen molar-refractivity contribution in [1.82, 2.24) is 19.7 Å². The zero-order valence-electron chi connectivity index (χ0n) is 16.2. The Bertz CT molecular complexity index is 1110. The van der Waals surface area contributed by atoms with Crippen LogP contribution in [0.25, 0.3) is 17.3 Å². The lowest BCUT2D eigenvalue weighted by Gasteiger charge is -2.38. The van der Waals surface area contributed by atoms with E-state index in [-0.39, 0.29) is 0 Å². The summed E-state index contributed by atoms with van der Waals surface area (Å²) in [6, 6.07) is 8.34. The van der Waals surface area contributed by atoms with Gasteiger partial charge >= 0.3 is 0 Å². The standard InChI is InChI=1S/C21H22ClN5O2/c1-12-10-27(13(2)9-23-12)18-6-5-14-8-15(21(28)29-20(14)25-18)17-11-26-7-3-4-16(22)19(26)24-17/h3-8,11-13,21,23,28H,9-10H2,1-2H3. The average Bonchev–Trinajstić information content (AvgIpc) is 3.14. The van der Waals surface area contributed by atoms with Crippen LogP contribution in [0.1, 0.15) is 25.1 Å². The summed E-state index contributed by atoms with van der Waals surface area (Å²) in [4.78, 5) is 11.5. The van der Waals surface area contributed by atoms with Gasteiger partial charge in [-0.2, -0.15) is 4.98 Å². The third-order valence-electron chi connectivity index (χ3n) is 5.46. The van der Waals surface area contributed by atoms with Crippen molar-refractivity contribution in [3.05, 3.63) is 52.9 Å². The molecule has 150 valence electrons. The molecular weight excluding hydrogens is 390 g/mol. The van der Waals surface area contributed by atoms with Crippen LogP contribution in [0.4, 0.5) is 5.82 Å². The molecule has 0 amide bonds. The molecule has 0 aliphatic carbocycles. The second-order valence-electron chi connectivity index (χ2n) is 7.66. The number of piperazine rings is 1. The summed E-state index contributed by atoms with van der Waals surface area (Å²) in [7, 11) is 0. The van der Waals surface area contributed by atoms with Gasteiger partial charge in [0.1, 0.15) is 5.82 Å². The number of pyridine rings is 2. The minimum Gasteiger partial charge on any atom is -0.443 e. The quantitative estimate of drug-likeness (QED) is 0.675. The first-order valence-corrected chi connectivity index (χ1v) is 10.1. The fourth-order valence-electron chi connectivity index (χ4n) is 3.87. The first-order valence-electron chi connectivity index (χ1n) is 9.70. The van der Waals surface area contributed by atoms with Crippen LogP contribution in [-0.2, 0) is 0 Å². The number of anilines is 1. The number of hydrogen-bond acceptors (Lipinski definition) is 6. The van der Waals surface area contributed by atoms with E-state index in [4.69, 9.17) is 16.3 Å². The van der Waals surface area contributed by atoms with Gasteiger partial charge in [0.15, 0.2) is 5.65 Å². The van der Waals surface area contributed by atoms with Crippen LogP contribution in [0.5, 0.6) is 5.88 Å². The van der Waals surface area contributed by atoms with Gasteiger partial charge in [0.2, 0.25) is 12.2 Å². The number of rotatable bonds is 2. The molecule has 1 fully saturated rings. The molecule has 8 heteroatoms. The first-order chi connectivity index (χ1) is 14.0. The monoisotopic (exact) mass is 411 g/mol. The number of fused-ring (bicyclic) bond motifs is 2. The van der Waals surface area contributed by atoms with E-state index in [0.717, 1.165) is 24.5 Å². The number of aromatic nitrogens is 3. The molecule has 5 heterocycles. The molecule has 0 spiro atoms. The van der Waals surface area contributed by atoms with Crippen LogP contribution < -0.4 is 15.0 Å². The number of aliphatic hydroxyl groups excluding tert-OH is 1. The maximum Gasteiger partial charge on any atom is 0.228 e. The number of nitrogens with one attached hydrogen (secondary N) is 1. The van der Waals surface area contributed by atoms with E-state index in [1.54, 1.807) is 6.07 Å². The highest BCUT2D eigenvalue weighted by Gasteiger charge is 2.28. The largest absolute Gasteiger partial charge is 0.443 e. The molecule has 2 N–H and O–H groups in total. The second-order valence-corrected chi connectivity index (χ2v) is 8.06. The van der Waals surface area contributed by atoms with Gasteiger partial charge in [0.25, 0.3) is 0 Å². The molecule has 0 bridgehead atoms. The molecule has 0 radical (unpaired) electrons. The molecule has 3 unspecified atom stereocenters. The predicted molar refractivity (Wildman–Crippen MR) is 113 cm³/mol. The van der Waals surface area contributed by atoms with Crippen molar-refractivity contribution in [3.63, 3.8) is 0 Å². The Labute approximate surface area is 173 Å². The molecule has 3 aromatic rings. The molecule has 2 aliphatic rings. The SMILES string of the molecule is CC1CN(c2ccc3c(n2)OC(O)C(c2cn4cccc(Cl)c4n2)=C3)C(C)CN1. The number of nitrogens with zero attached hydrogens (tertiary/aromatic N) is 4. The van der Waals surface area contributed by atoms with Crippen LogP contribution in [0.15, 0.2) is 36.7 Å². The summed E-state index contributed by atoms with van der Waals surface area (Å²) < 4.78 is 7.60. The predicted octanol–water partition coefficient (Wildman–Crippen LogP) is 2.82. The van der Waals surface area contributed by atoms with Crippen LogP contribution in [-0.4, -0.2) is 50.9 Å². The maximum absolute atomic E-state index is 10.6. The van der Waals surface area contributed by atoms with Crippen LogP contribution in [0.3, 0.4) is 0 Å². The molecule has 1 saturated heterocycles. The lowest BCUT2D eigenvalue weighted by Crippen LogP contribution is -2.54.